The lowest BCUT2D eigenvalue weighted by Crippen LogP contribution is -2.40. The number of hydrogen-bond acceptors (Lipinski definition) is 3. The van der Waals surface area contributed by atoms with E-state index in [1.807, 2.05) is 12.1 Å². The van der Waals surface area contributed by atoms with Crippen LogP contribution in [0.2, 0.25) is 5.02 Å². The maximum absolute atomic E-state index is 12.3. The first-order chi connectivity index (χ1) is 11.4. The molecule has 2 rings (SSSR count). The van der Waals surface area contributed by atoms with E-state index in [1.165, 1.54) is 0 Å². The highest BCUT2D eigenvalue weighted by molar-refractivity contribution is 6.30. The lowest BCUT2D eigenvalue weighted by molar-refractivity contribution is -0.126. The lowest BCUT2D eigenvalue weighted by atomic mass is 10.1. The van der Waals surface area contributed by atoms with Crippen molar-refractivity contribution in [1.82, 2.24) is 10.2 Å². The quantitative estimate of drug-likeness (QED) is 0.821. The molecule has 1 aliphatic heterocycles. The van der Waals surface area contributed by atoms with Gasteiger partial charge in [0.25, 0.3) is 0 Å². The Bertz CT molecular complexity index is 574. The first-order valence-corrected chi connectivity index (χ1v) is 8.87. The van der Waals surface area contributed by atoms with Crippen LogP contribution in [-0.2, 0) is 9.59 Å². The van der Waals surface area contributed by atoms with Crippen molar-refractivity contribution in [2.45, 2.75) is 33.2 Å². The van der Waals surface area contributed by atoms with Crippen molar-refractivity contribution in [2.24, 2.45) is 5.92 Å². The Morgan fingerprint density at radius 2 is 2.04 bits per heavy atom. The molecule has 0 bridgehead atoms. The summed E-state index contributed by atoms with van der Waals surface area (Å²) < 4.78 is 0. The fraction of sp³-hybridized carbons (Fsp3) is 0.556. The summed E-state index contributed by atoms with van der Waals surface area (Å²) in [6.45, 7) is 9.21. The van der Waals surface area contributed by atoms with Gasteiger partial charge in [0.15, 0.2) is 0 Å². The van der Waals surface area contributed by atoms with E-state index in [0.717, 1.165) is 18.8 Å². The highest BCUT2D eigenvalue weighted by Crippen LogP contribution is 2.26. The van der Waals surface area contributed by atoms with Crippen LogP contribution >= 0.6 is 11.6 Å². The molecule has 1 saturated heterocycles. The van der Waals surface area contributed by atoms with E-state index in [0.29, 0.717) is 24.2 Å². The summed E-state index contributed by atoms with van der Waals surface area (Å²) >= 11 is 5.88. The monoisotopic (exact) mass is 351 g/mol. The number of rotatable bonds is 7. The number of carbonyl (C=O) groups is 2. The first kappa shape index (κ1) is 18.7. The van der Waals surface area contributed by atoms with Crippen LogP contribution < -0.4 is 10.2 Å². The molecule has 2 amide bonds. The van der Waals surface area contributed by atoms with E-state index in [4.69, 9.17) is 11.6 Å². The van der Waals surface area contributed by atoms with Crippen LogP contribution in [0.1, 0.15) is 27.2 Å². The molecular weight excluding hydrogens is 326 g/mol. The average Bonchev–Trinajstić information content (AvgIpc) is 2.94. The fourth-order valence-electron chi connectivity index (χ4n) is 3.00. The third-order valence-corrected chi connectivity index (χ3v) is 4.72. The molecular formula is C18H26ClN3O2. The van der Waals surface area contributed by atoms with Gasteiger partial charge in [-0.15, -0.1) is 0 Å². The van der Waals surface area contributed by atoms with Gasteiger partial charge in [-0.3, -0.25) is 14.5 Å². The van der Waals surface area contributed by atoms with Crippen LogP contribution in [0.15, 0.2) is 24.3 Å². The summed E-state index contributed by atoms with van der Waals surface area (Å²) in [7, 11) is 0. The highest BCUT2D eigenvalue weighted by Gasteiger charge is 2.34. The van der Waals surface area contributed by atoms with E-state index < -0.39 is 0 Å². The minimum Gasteiger partial charge on any atom is -0.355 e. The van der Waals surface area contributed by atoms with Crippen molar-refractivity contribution in [2.75, 3.05) is 31.1 Å². The molecule has 6 heteroatoms. The number of amides is 2. The van der Waals surface area contributed by atoms with Gasteiger partial charge in [-0.25, -0.2) is 0 Å². The van der Waals surface area contributed by atoms with Gasteiger partial charge in [0.05, 0.1) is 5.92 Å². The number of hydrogen-bond donors (Lipinski definition) is 1. The molecule has 132 valence electrons. The van der Waals surface area contributed by atoms with E-state index in [2.05, 4.69) is 31.0 Å². The maximum atomic E-state index is 12.3. The SMILES string of the molecule is CCN(CCNC(=O)C1CC(=O)N(c2ccc(Cl)cc2)C1)C(C)C. The first-order valence-electron chi connectivity index (χ1n) is 8.50. The number of nitrogens with one attached hydrogen (secondary N) is 1. The van der Waals surface area contributed by atoms with Crippen molar-refractivity contribution in [1.29, 1.82) is 0 Å². The van der Waals surface area contributed by atoms with E-state index >= 15 is 0 Å². The largest absolute Gasteiger partial charge is 0.355 e. The second-order valence-electron chi connectivity index (χ2n) is 6.40. The Hall–Kier alpha value is -1.59. The second-order valence-corrected chi connectivity index (χ2v) is 6.83. The Balaban J connectivity index is 1.86. The zero-order chi connectivity index (χ0) is 17.7. The average molecular weight is 352 g/mol. The Labute approximate surface area is 149 Å². The highest BCUT2D eigenvalue weighted by atomic mass is 35.5. The zero-order valence-corrected chi connectivity index (χ0v) is 15.3. The van der Waals surface area contributed by atoms with Crippen molar-refractivity contribution in [3.8, 4) is 0 Å². The zero-order valence-electron chi connectivity index (χ0n) is 14.6. The number of carbonyl (C=O) groups excluding carboxylic acids is 2. The van der Waals surface area contributed by atoms with Crippen molar-refractivity contribution < 1.29 is 9.59 Å². The predicted octanol–water partition coefficient (Wildman–Crippen LogP) is 2.54. The summed E-state index contributed by atoms with van der Waals surface area (Å²) in [5, 5.41) is 3.60. The molecule has 1 heterocycles. The molecule has 24 heavy (non-hydrogen) atoms. The number of nitrogens with zero attached hydrogens (tertiary/aromatic N) is 2. The summed E-state index contributed by atoms with van der Waals surface area (Å²) in [4.78, 5) is 28.5. The maximum Gasteiger partial charge on any atom is 0.227 e. The van der Waals surface area contributed by atoms with E-state index in [-0.39, 0.29) is 24.2 Å². The normalized spacial score (nSPS) is 17.8. The summed E-state index contributed by atoms with van der Waals surface area (Å²) in [5.41, 5.74) is 0.789. The third-order valence-electron chi connectivity index (χ3n) is 4.47. The van der Waals surface area contributed by atoms with Crippen molar-refractivity contribution in [3.05, 3.63) is 29.3 Å². The van der Waals surface area contributed by atoms with Crippen LogP contribution in [0.3, 0.4) is 0 Å². The second kappa shape index (κ2) is 8.49. The summed E-state index contributed by atoms with van der Waals surface area (Å²) in [6, 6.07) is 7.58. The van der Waals surface area contributed by atoms with Gasteiger partial charge in [0.1, 0.15) is 0 Å². The molecule has 0 spiro atoms. The van der Waals surface area contributed by atoms with Crippen molar-refractivity contribution >= 4 is 29.1 Å². The van der Waals surface area contributed by atoms with Gasteiger partial charge >= 0.3 is 0 Å². The molecule has 1 N–H and O–H groups in total. The van der Waals surface area contributed by atoms with Crippen LogP contribution in [0.25, 0.3) is 0 Å². The smallest absolute Gasteiger partial charge is 0.227 e. The summed E-state index contributed by atoms with van der Waals surface area (Å²) in [6.07, 6.45) is 0.260. The number of benzene rings is 1. The molecule has 1 unspecified atom stereocenters. The fourth-order valence-corrected chi connectivity index (χ4v) is 3.13. The van der Waals surface area contributed by atoms with Crippen LogP contribution in [-0.4, -0.2) is 48.9 Å². The van der Waals surface area contributed by atoms with Crippen LogP contribution in [0, 0.1) is 5.92 Å². The van der Waals surface area contributed by atoms with Gasteiger partial charge in [-0.2, -0.15) is 0 Å². The van der Waals surface area contributed by atoms with Gasteiger partial charge < -0.3 is 10.2 Å². The Morgan fingerprint density at radius 3 is 2.62 bits per heavy atom. The molecule has 0 aliphatic carbocycles. The molecule has 1 aromatic carbocycles. The van der Waals surface area contributed by atoms with Gasteiger partial charge in [0.2, 0.25) is 11.8 Å². The van der Waals surface area contributed by atoms with Crippen LogP contribution in [0.5, 0.6) is 0 Å². The van der Waals surface area contributed by atoms with E-state index in [9.17, 15) is 9.59 Å². The minimum absolute atomic E-state index is 0.0187. The molecule has 0 saturated carbocycles. The number of anilines is 1. The minimum atomic E-state index is -0.290. The molecule has 0 aromatic heterocycles. The molecule has 1 fully saturated rings. The van der Waals surface area contributed by atoms with Gasteiger partial charge in [0, 0.05) is 42.8 Å². The molecule has 5 nitrogen and oxygen atoms in total. The third kappa shape index (κ3) is 4.71. The molecule has 1 atom stereocenters. The molecule has 1 aliphatic rings. The van der Waals surface area contributed by atoms with Gasteiger partial charge in [-0.1, -0.05) is 18.5 Å². The number of halogens is 1. The molecule has 1 aromatic rings. The van der Waals surface area contributed by atoms with E-state index in [1.54, 1.807) is 17.0 Å². The van der Waals surface area contributed by atoms with Crippen LogP contribution in [0.4, 0.5) is 5.69 Å². The lowest BCUT2D eigenvalue weighted by Gasteiger charge is -2.25. The predicted molar refractivity (Wildman–Crippen MR) is 97.3 cm³/mol. The standard InChI is InChI=1S/C18H26ClN3O2/c1-4-21(13(2)3)10-9-20-18(24)14-11-17(23)22(12-14)16-7-5-15(19)6-8-16/h5-8,13-14H,4,9-12H2,1-3H3,(H,20,24). The van der Waals surface area contributed by atoms with Gasteiger partial charge in [-0.05, 0) is 44.7 Å². The van der Waals surface area contributed by atoms with Crippen molar-refractivity contribution in [3.63, 3.8) is 0 Å². The summed E-state index contributed by atoms with van der Waals surface area (Å²) in [5.74, 6) is -0.350. The number of likely N-dealkylation sites (N-methyl/N-ethyl adjacent to an activating group) is 1. The Morgan fingerprint density at radius 1 is 1.38 bits per heavy atom. The Kier molecular flexibility index (Phi) is 6.63. The molecule has 0 radical (unpaired) electrons. The topological polar surface area (TPSA) is 52.7 Å².